The molecule has 0 spiro atoms. The van der Waals surface area contributed by atoms with Crippen molar-refractivity contribution < 1.29 is 14.3 Å². The zero-order valence-corrected chi connectivity index (χ0v) is 20.8. The number of aryl methyl sites for hydroxylation is 1. The van der Waals surface area contributed by atoms with E-state index in [1.54, 1.807) is 6.07 Å². The van der Waals surface area contributed by atoms with Gasteiger partial charge in [-0.05, 0) is 61.2 Å². The zero-order chi connectivity index (χ0) is 26.4. The Balaban J connectivity index is 1.37. The first-order valence-corrected chi connectivity index (χ1v) is 11.9. The Morgan fingerprint density at radius 3 is 2.62 bits per heavy atom. The molecular formula is C26H25ClN6O4. The quantitative estimate of drug-likeness (QED) is 0.194. The summed E-state index contributed by atoms with van der Waals surface area (Å²) in [4.78, 5) is 48.5. The number of nitrogens with two attached hydrogens (primary N) is 1. The van der Waals surface area contributed by atoms with Crippen LogP contribution in [0.5, 0.6) is 6.01 Å². The fourth-order valence-corrected chi connectivity index (χ4v) is 3.80. The molecule has 2 aromatic carbocycles. The van der Waals surface area contributed by atoms with Gasteiger partial charge in [0.05, 0.1) is 17.8 Å². The SMILES string of the molecule is COc1ncc2cc(C(=O)Nc3cc(C(=O)NCCCCc4ccc(N)cc4)ccc3Cl)c(=O)[nH]c2n1. The van der Waals surface area contributed by atoms with Gasteiger partial charge in [-0.25, -0.2) is 4.98 Å². The lowest BCUT2D eigenvalue weighted by molar-refractivity contribution is 0.0951. The highest BCUT2D eigenvalue weighted by Crippen LogP contribution is 2.24. The van der Waals surface area contributed by atoms with E-state index in [0.29, 0.717) is 17.5 Å². The number of fused-ring (bicyclic) bond motifs is 1. The molecule has 0 bridgehead atoms. The number of nitrogens with one attached hydrogen (secondary N) is 3. The van der Waals surface area contributed by atoms with Gasteiger partial charge in [0, 0.05) is 29.4 Å². The van der Waals surface area contributed by atoms with E-state index < -0.39 is 11.5 Å². The van der Waals surface area contributed by atoms with Crippen LogP contribution in [0.25, 0.3) is 11.0 Å². The number of ether oxygens (including phenoxy) is 1. The van der Waals surface area contributed by atoms with Crippen LogP contribution in [0.3, 0.4) is 0 Å². The van der Waals surface area contributed by atoms with Crippen molar-refractivity contribution in [1.82, 2.24) is 20.3 Å². The van der Waals surface area contributed by atoms with Gasteiger partial charge >= 0.3 is 6.01 Å². The van der Waals surface area contributed by atoms with Gasteiger partial charge in [-0.3, -0.25) is 14.4 Å². The predicted molar refractivity (Wildman–Crippen MR) is 142 cm³/mol. The number of carbonyl (C=O) groups excluding carboxylic acids is 2. The number of hydrogen-bond donors (Lipinski definition) is 4. The Morgan fingerprint density at radius 2 is 1.86 bits per heavy atom. The molecule has 37 heavy (non-hydrogen) atoms. The van der Waals surface area contributed by atoms with Crippen LogP contribution < -0.4 is 26.7 Å². The maximum Gasteiger partial charge on any atom is 0.318 e. The topological polar surface area (TPSA) is 152 Å². The van der Waals surface area contributed by atoms with Gasteiger partial charge in [0.1, 0.15) is 11.2 Å². The summed E-state index contributed by atoms with van der Waals surface area (Å²) < 4.78 is 4.95. The molecule has 0 unspecified atom stereocenters. The Hall–Kier alpha value is -4.44. The summed E-state index contributed by atoms with van der Waals surface area (Å²) in [5.41, 5.74) is 7.58. The van der Waals surface area contributed by atoms with Crippen molar-refractivity contribution in [2.45, 2.75) is 19.3 Å². The predicted octanol–water partition coefficient (Wildman–Crippen LogP) is 3.57. The monoisotopic (exact) mass is 520 g/mol. The first-order valence-electron chi connectivity index (χ1n) is 11.5. The van der Waals surface area contributed by atoms with Crippen LogP contribution in [-0.2, 0) is 6.42 Å². The van der Waals surface area contributed by atoms with Crippen LogP contribution in [0.15, 0.2) is 59.5 Å². The Labute approximate surface area is 217 Å². The van der Waals surface area contributed by atoms with Crippen molar-refractivity contribution >= 4 is 45.8 Å². The number of anilines is 2. The maximum atomic E-state index is 12.9. The van der Waals surface area contributed by atoms with Gasteiger partial charge in [0.2, 0.25) is 0 Å². The number of amides is 2. The molecule has 4 aromatic rings. The number of hydrogen-bond acceptors (Lipinski definition) is 7. The van der Waals surface area contributed by atoms with E-state index in [9.17, 15) is 14.4 Å². The van der Waals surface area contributed by atoms with E-state index in [2.05, 4.69) is 25.6 Å². The molecule has 10 nitrogen and oxygen atoms in total. The summed E-state index contributed by atoms with van der Waals surface area (Å²) in [6.45, 7) is 0.497. The highest BCUT2D eigenvalue weighted by molar-refractivity contribution is 6.34. The molecule has 190 valence electrons. The highest BCUT2D eigenvalue weighted by atomic mass is 35.5. The van der Waals surface area contributed by atoms with Gasteiger partial charge in [-0.2, -0.15) is 4.98 Å². The molecule has 5 N–H and O–H groups in total. The summed E-state index contributed by atoms with van der Waals surface area (Å²) in [6.07, 6.45) is 4.03. The first-order chi connectivity index (χ1) is 17.8. The van der Waals surface area contributed by atoms with Crippen molar-refractivity contribution in [2.75, 3.05) is 24.7 Å². The van der Waals surface area contributed by atoms with Gasteiger partial charge in [-0.1, -0.05) is 23.7 Å². The molecule has 0 saturated carbocycles. The number of aromatic nitrogens is 3. The Bertz CT molecular complexity index is 1500. The van der Waals surface area contributed by atoms with E-state index in [0.717, 1.165) is 24.9 Å². The third-order valence-electron chi connectivity index (χ3n) is 5.63. The highest BCUT2D eigenvalue weighted by Gasteiger charge is 2.16. The lowest BCUT2D eigenvalue weighted by Gasteiger charge is -2.10. The second kappa shape index (κ2) is 11.5. The summed E-state index contributed by atoms with van der Waals surface area (Å²) in [6, 6.07) is 13.7. The molecule has 0 aliphatic carbocycles. The molecule has 0 aliphatic rings. The Morgan fingerprint density at radius 1 is 1.08 bits per heavy atom. The smallest absolute Gasteiger partial charge is 0.318 e. The molecule has 11 heteroatoms. The number of aromatic amines is 1. The van der Waals surface area contributed by atoms with Crippen molar-refractivity contribution in [3.05, 3.63) is 86.8 Å². The molecule has 2 heterocycles. The fraction of sp³-hybridized carbons (Fsp3) is 0.192. The number of methoxy groups -OCH3 is 1. The third kappa shape index (κ3) is 6.42. The molecule has 0 radical (unpaired) electrons. The van der Waals surface area contributed by atoms with Crippen LogP contribution in [-0.4, -0.2) is 40.4 Å². The van der Waals surface area contributed by atoms with Crippen LogP contribution in [0, 0.1) is 0 Å². The lowest BCUT2D eigenvalue weighted by Crippen LogP contribution is -2.25. The summed E-state index contributed by atoms with van der Waals surface area (Å²) in [7, 11) is 1.41. The maximum absolute atomic E-state index is 12.9. The van der Waals surface area contributed by atoms with Crippen molar-refractivity contribution in [3.63, 3.8) is 0 Å². The minimum Gasteiger partial charge on any atom is -0.467 e. The number of pyridine rings is 1. The van der Waals surface area contributed by atoms with E-state index in [1.165, 1.54) is 37.1 Å². The summed E-state index contributed by atoms with van der Waals surface area (Å²) in [5, 5.41) is 6.14. The van der Waals surface area contributed by atoms with Gasteiger partial charge in [0.25, 0.3) is 17.4 Å². The number of halogens is 1. The van der Waals surface area contributed by atoms with Crippen molar-refractivity contribution in [3.8, 4) is 6.01 Å². The number of carbonyl (C=O) groups is 2. The number of nitrogens with zero attached hydrogens (tertiary/aromatic N) is 2. The molecule has 0 saturated heterocycles. The van der Waals surface area contributed by atoms with Gasteiger partial charge in [0.15, 0.2) is 0 Å². The number of rotatable bonds is 9. The average molecular weight is 521 g/mol. The second-order valence-electron chi connectivity index (χ2n) is 8.28. The van der Waals surface area contributed by atoms with Gasteiger partial charge < -0.3 is 26.1 Å². The second-order valence-corrected chi connectivity index (χ2v) is 8.68. The van der Waals surface area contributed by atoms with Crippen molar-refractivity contribution in [2.24, 2.45) is 0 Å². The first kappa shape index (κ1) is 25.6. The summed E-state index contributed by atoms with van der Waals surface area (Å²) >= 11 is 6.24. The lowest BCUT2D eigenvalue weighted by atomic mass is 10.1. The Kier molecular flexibility index (Phi) is 7.99. The minimum absolute atomic E-state index is 0.0871. The average Bonchev–Trinajstić information content (AvgIpc) is 2.89. The standard InChI is InChI=1S/C26H25ClN6O4/c1-37-26-30-14-17-12-19(25(36)32-22(17)33-26)24(35)31-21-13-16(7-10-20(21)27)23(34)29-11-3-2-4-15-5-8-18(28)9-6-15/h5-10,12-14H,2-4,11,28H2,1H3,(H,29,34)(H,31,35)(H,30,32,33,36). The van der Waals surface area contributed by atoms with Crippen LogP contribution in [0.4, 0.5) is 11.4 Å². The summed E-state index contributed by atoms with van der Waals surface area (Å²) in [5.74, 6) is -0.990. The largest absolute Gasteiger partial charge is 0.467 e. The fourth-order valence-electron chi connectivity index (χ4n) is 3.64. The van der Waals surface area contributed by atoms with Crippen molar-refractivity contribution in [1.29, 1.82) is 0 Å². The molecular weight excluding hydrogens is 496 g/mol. The minimum atomic E-state index is -0.693. The normalized spacial score (nSPS) is 10.8. The molecule has 0 fully saturated rings. The molecule has 4 rings (SSSR count). The number of unbranched alkanes of at least 4 members (excludes halogenated alkanes) is 1. The molecule has 0 atom stereocenters. The molecule has 2 aromatic heterocycles. The third-order valence-corrected chi connectivity index (χ3v) is 5.96. The van der Waals surface area contributed by atoms with E-state index in [1.807, 2.05) is 24.3 Å². The number of benzene rings is 2. The van der Waals surface area contributed by atoms with Crippen LogP contribution in [0.1, 0.15) is 39.1 Å². The number of H-pyrrole nitrogens is 1. The van der Waals surface area contributed by atoms with E-state index in [-0.39, 0.29) is 33.8 Å². The van der Waals surface area contributed by atoms with Crippen LogP contribution >= 0.6 is 11.6 Å². The molecule has 2 amide bonds. The van der Waals surface area contributed by atoms with E-state index in [4.69, 9.17) is 22.1 Å². The van der Waals surface area contributed by atoms with Crippen LogP contribution in [0.2, 0.25) is 5.02 Å². The van der Waals surface area contributed by atoms with E-state index >= 15 is 0 Å². The van der Waals surface area contributed by atoms with Gasteiger partial charge in [-0.15, -0.1) is 0 Å². The zero-order valence-electron chi connectivity index (χ0n) is 20.0. The molecule has 0 aliphatic heterocycles. The number of nitrogen functional groups attached to an aromatic ring is 1.